The van der Waals surface area contributed by atoms with Gasteiger partial charge in [0.1, 0.15) is 16.3 Å². The predicted octanol–water partition coefficient (Wildman–Crippen LogP) is 6.36. The van der Waals surface area contributed by atoms with Crippen LogP contribution in [0.25, 0.3) is 0 Å². The van der Waals surface area contributed by atoms with Gasteiger partial charge in [-0.25, -0.2) is 9.18 Å². The number of carbonyl (C=O) groups excluding carboxylic acids is 2. The molecule has 0 unspecified atom stereocenters. The number of alkyl carbamates (subject to hydrolysis) is 1. The van der Waals surface area contributed by atoms with Crippen LogP contribution in [0, 0.1) is 23.6 Å². The van der Waals surface area contributed by atoms with Gasteiger partial charge in [0.25, 0.3) is 0 Å². The summed E-state index contributed by atoms with van der Waals surface area (Å²) in [6.07, 6.45) is 1.36. The van der Waals surface area contributed by atoms with E-state index in [4.69, 9.17) is 4.74 Å². The van der Waals surface area contributed by atoms with Gasteiger partial charge in [0.15, 0.2) is 0 Å². The van der Waals surface area contributed by atoms with Crippen molar-refractivity contribution in [2.75, 3.05) is 5.32 Å². The van der Waals surface area contributed by atoms with Crippen molar-refractivity contribution >= 4 is 27.9 Å². The van der Waals surface area contributed by atoms with Crippen LogP contribution in [0.5, 0.6) is 0 Å². The molecule has 2 bridgehead atoms. The highest BCUT2D eigenvalue weighted by Gasteiger charge is 2.67. The van der Waals surface area contributed by atoms with Crippen LogP contribution in [-0.2, 0) is 9.53 Å². The third kappa shape index (κ3) is 5.39. The van der Waals surface area contributed by atoms with Gasteiger partial charge in [-0.2, -0.15) is 0 Å². The minimum Gasteiger partial charge on any atom is -0.444 e. The fourth-order valence-corrected chi connectivity index (χ4v) is 5.21. The summed E-state index contributed by atoms with van der Waals surface area (Å²) in [5.41, 5.74) is -1.37. The second kappa shape index (κ2) is 6.69. The maximum atomic E-state index is 13.5. The van der Waals surface area contributed by atoms with Crippen molar-refractivity contribution in [1.82, 2.24) is 5.32 Å². The normalized spacial score (nSPS) is 27.9. The highest BCUT2D eigenvalue weighted by atomic mass is 32.5. The number of amides is 2. The zero-order chi connectivity index (χ0) is 23.5. The van der Waals surface area contributed by atoms with Crippen LogP contribution in [-0.4, -0.2) is 23.6 Å². The molecule has 2 aliphatic rings. The molecule has 1 aromatic rings. The van der Waals surface area contributed by atoms with E-state index >= 15 is 0 Å². The van der Waals surface area contributed by atoms with E-state index in [-0.39, 0.29) is 24.0 Å². The van der Waals surface area contributed by atoms with Gasteiger partial charge in [-0.15, -0.1) is 0 Å². The number of rotatable bonds is 4. The van der Waals surface area contributed by atoms with E-state index in [9.17, 15) is 33.4 Å². The number of benzene rings is 1. The summed E-state index contributed by atoms with van der Waals surface area (Å²) >= 11 is 0. The summed E-state index contributed by atoms with van der Waals surface area (Å²) < 4.78 is 84.1. The molecule has 0 saturated heterocycles. The fraction of sp³-hybridized carbons (Fsp3) is 0.579. The van der Waals surface area contributed by atoms with Crippen molar-refractivity contribution in [3.63, 3.8) is 0 Å². The minimum atomic E-state index is -10.3. The Morgan fingerprint density at radius 2 is 1.68 bits per heavy atom. The van der Waals surface area contributed by atoms with E-state index in [1.54, 1.807) is 20.8 Å². The molecule has 4 atom stereocenters. The zero-order valence-corrected chi connectivity index (χ0v) is 17.9. The lowest BCUT2D eigenvalue weighted by molar-refractivity contribution is -0.122. The maximum absolute atomic E-state index is 13.5. The largest absolute Gasteiger partial charge is 0.444 e. The Morgan fingerprint density at radius 1 is 1.06 bits per heavy atom. The smallest absolute Gasteiger partial charge is 0.407 e. The monoisotopic (exact) mass is 474 g/mol. The van der Waals surface area contributed by atoms with Crippen molar-refractivity contribution in [3.8, 4) is 0 Å². The molecule has 0 spiro atoms. The predicted molar refractivity (Wildman–Crippen MR) is 104 cm³/mol. The van der Waals surface area contributed by atoms with Crippen LogP contribution in [0.2, 0.25) is 0 Å². The zero-order valence-electron chi connectivity index (χ0n) is 17.1. The molecule has 2 N–H and O–H groups in total. The summed E-state index contributed by atoms with van der Waals surface area (Å²) in [4.78, 5) is 22.3. The van der Waals surface area contributed by atoms with E-state index in [0.29, 0.717) is 12.8 Å². The molecule has 0 aromatic heterocycles. The van der Waals surface area contributed by atoms with E-state index < -0.39 is 56.2 Å². The summed E-state index contributed by atoms with van der Waals surface area (Å²) in [5.74, 6) is -3.77. The molecule has 2 fully saturated rings. The number of anilines is 1. The van der Waals surface area contributed by atoms with Crippen LogP contribution in [0.1, 0.15) is 40.0 Å². The molecule has 2 aliphatic carbocycles. The van der Waals surface area contributed by atoms with Crippen molar-refractivity contribution in [3.05, 3.63) is 24.0 Å². The van der Waals surface area contributed by atoms with Gasteiger partial charge in [-0.3, -0.25) is 4.79 Å². The van der Waals surface area contributed by atoms with Gasteiger partial charge in [-0.05, 0) is 70.1 Å². The van der Waals surface area contributed by atoms with Crippen LogP contribution >= 0.6 is 10.2 Å². The van der Waals surface area contributed by atoms with Crippen LogP contribution in [0.3, 0.4) is 0 Å². The lowest BCUT2D eigenvalue weighted by Crippen LogP contribution is -2.49. The molecule has 0 heterocycles. The van der Waals surface area contributed by atoms with Gasteiger partial charge < -0.3 is 15.4 Å². The number of hydrogen-bond acceptors (Lipinski definition) is 3. The molecular formula is C19H24F6N2O3S. The van der Waals surface area contributed by atoms with Crippen LogP contribution in [0.15, 0.2) is 23.1 Å². The van der Waals surface area contributed by atoms with Gasteiger partial charge in [0, 0.05) is 11.7 Å². The third-order valence-corrected chi connectivity index (χ3v) is 6.66. The van der Waals surface area contributed by atoms with E-state index in [1.807, 2.05) is 0 Å². The summed E-state index contributed by atoms with van der Waals surface area (Å²) in [5, 5.41) is 4.85. The highest BCUT2D eigenvalue weighted by Crippen LogP contribution is 3.02. The first-order valence-electron chi connectivity index (χ1n) is 9.68. The maximum Gasteiger partial charge on any atom is 0.407 e. The SMILES string of the molecule is CC(C)(C)OC(=O)N[C@@H]1[C@H]2CC[C@H](C2)[C@@H]1C(=O)Nc1ccc(F)c(S(F)(F)(F)(F)F)c1. The molecule has 0 aliphatic heterocycles. The second-order valence-electron chi connectivity index (χ2n) is 9.13. The number of hydrogen-bond donors (Lipinski definition) is 2. The first-order chi connectivity index (χ1) is 13.8. The molecule has 31 heavy (non-hydrogen) atoms. The molecule has 0 radical (unpaired) electrons. The Kier molecular flexibility index (Phi) is 5.08. The van der Waals surface area contributed by atoms with E-state index in [1.165, 1.54) is 0 Å². The standard InChI is InChI=1S/C19H24F6N2O3S/c1-19(2,3)30-18(29)27-16-11-5-4-10(8-11)15(16)17(28)26-12-6-7-13(20)14(9-12)31(21,22,23,24)25/h6-7,9-11,15-16H,4-5,8H2,1-3H3,(H,26,28)(H,27,29)/t10-,11+,15+,16-/m1/s1. The molecule has 176 valence electrons. The Morgan fingerprint density at radius 3 is 2.26 bits per heavy atom. The van der Waals surface area contributed by atoms with Crippen molar-refractivity contribution in [2.45, 2.75) is 56.6 Å². The summed E-state index contributed by atoms with van der Waals surface area (Å²) in [6.45, 7) is 5.01. The molecule has 3 rings (SSSR count). The number of nitrogens with one attached hydrogen (secondary N) is 2. The molecule has 5 nitrogen and oxygen atoms in total. The lowest BCUT2D eigenvalue weighted by Gasteiger charge is -2.40. The van der Waals surface area contributed by atoms with Crippen LogP contribution < -0.4 is 10.6 Å². The van der Waals surface area contributed by atoms with Crippen molar-refractivity contribution in [2.24, 2.45) is 17.8 Å². The lowest BCUT2D eigenvalue weighted by atomic mass is 9.83. The molecule has 2 amide bonds. The first kappa shape index (κ1) is 23.6. The topological polar surface area (TPSA) is 67.4 Å². The summed E-state index contributed by atoms with van der Waals surface area (Å²) in [7, 11) is -10.3. The number of halogens is 6. The minimum absolute atomic E-state index is 0.0123. The van der Waals surface area contributed by atoms with Crippen molar-refractivity contribution in [1.29, 1.82) is 0 Å². The first-order valence-corrected chi connectivity index (χ1v) is 11.6. The molecular weight excluding hydrogens is 450 g/mol. The average molecular weight is 474 g/mol. The average Bonchev–Trinajstić information content (AvgIpc) is 3.13. The number of ether oxygens (including phenoxy) is 1. The Hall–Kier alpha value is -2.11. The quantitative estimate of drug-likeness (QED) is 0.499. The van der Waals surface area contributed by atoms with Gasteiger partial charge in [0.2, 0.25) is 5.91 Å². The Bertz CT molecular complexity index is 916. The Labute approximate surface area is 175 Å². The Balaban J connectivity index is 1.80. The number of fused-ring (bicyclic) bond motifs is 2. The van der Waals surface area contributed by atoms with Gasteiger partial charge in [-0.1, -0.05) is 19.4 Å². The van der Waals surface area contributed by atoms with Gasteiger partial charge >= 0.3 is 16.3 Å². The van der Waals surface area contributed by atoms with Gasteiger partial charge in [0.05, 0.1) is 5.92 Å². The summed E-state index contributed by atoms with van der Waals surface area (Å²) in [6, 6.07) is 0.311. The molecule has 12 heteroatoms. The highest BCUT2D eigenvalue weighted by molar-refractivity contribution is 8.45. The molecule has 1 aromatic carbocycles. The van der Waals surface area contributed by atoms with Crippen molar-refractivity contribution < 1.29 is 38.1 Å². The third-order valence-electron chi connectivity index (χ3n) is 5.52. The van der Waals surface area contributed by atoms with E-state index in [2.05, 4.69) is 10.6 Å². The number of carbonyl (C=O) groups is 2. The fourth-order valence-electron chi connectivity index (χ4n) is 4.42. The van der Waals surface area contributed by atoms with E-state index in [0.717, 1.165) is 12.5 Å². The van der Waals surface area contributed by atoms with Crippen LogP contribution in [0.4, 0.5) is 34.3 Å². The second-order valence-corrected chi connectivity index (χ2v) is 11.5. The molecule has 2 saturated carbocycles.